The summed E-state index contributed by atoms with van der Waals surface area (Å²) in [4.78, 5) is 7.58. The number of halogens is 4. The van der Waals surface area contributed by atoms with Crippen LogP contribution in [0.3, 0.4) is 0 Å². The molecule has 0 aliphatic heterocycles. The minimum Gasteiger partial charge on any atom is -0.458 e. The summed E-state index contributed by atoms with van der Waals surface area (Å²) in [6.07, 6.45) is -0.489. The second-order valence-electron chi connectivity index (χ2n) is 4.49. The topological polar surface area (TPSA) is 73.9 Å². The molecule has 3 aromatic rings. The Hall–Kier alpha value is -3.04. The molecule has 0 spiro atoms. The minimum atomic E-state index is -2.88. The van der Waals surface area contributed by atoms with Crippen LogP contribution in [0.2, 0.25) is 0 Å². The molecule has 0 saturated carbocycles. The molecule has 0 bridgehead atoms. The van der Waals surface area contributed by atoms with Gasteiger partial charge in [-0.15, -0.1) is 10.2 Å². The van der Waals surface area contributed by atoms with Crippen molar-refractivity contribution in [3.63, 3.8) is 0 Å². The maximum absolute atomic E-state index is 13.5. The van der Waals surface area contributed by atoms with Gasteiger partial charge in [-0.1, -0.05) is 6.07 Å². The highest BCUT2D eigenvalue weighted by Gasteiger charge is 2.17. The van der Waals surface area contributed by atoms with Crippen LogP contribution < -0.4 is 4.74 Å². The van der Waals surface area contributed by atoms with Crippen LogP contribution in [-0.4, -0.2) is 20.2 Å². The molecule has 3 rings (SSSR count). The van der Waals surface area contributed by atoms with E-state index in [0.717, 1.165) is 12.1 Å². The first-order valence-electron chi connectivity index (χ1n) is 6.54. The monoisotopic (exact) mass is 340 g/mol. The highest BCUT2D eigenvalue weighted by Crippen LogP contribution is 2.23. The summed E-state index contributed by atoms with van der Waals surface area (Å²) in [6, 6.07) is 3.27. The van der Waals surface area contributed by atoms with Crippen molar-refractivity contribution in [2.24, 2.45) is 0 Å². The second kappa shape index (κ2) is 6.60. The van der Waals surface area contributed by atoms with Crippen molar-refractivity contribution in [1.82, 2.24) is 20.2 Å². The SMILES string of the molecule is Fc1cccc(F)c1COc1ncc(-c2nnc(C(F)F)o2)cn1. The van der Waals surface area contributed by atoms with Gasteiger partial charge in [0.2, 0.25) is 0 Å². The van der Waals surface area contributed by atoms with Gasteiger partial charge in [-0.25, -0.2) is 18.7 Å². The summed E-state index contributed by atoms with van der Waals surface area (Å²) >= 11 is 0. The van der Waals surface area contributed by atoms with Gasteiger partial charge in [0.25, 0.3) is 11.8 Å². The van der Waals surface area contributed by atoms with Crippen LogP contribution in [0.5, 0.6) is 6.01 Å². The first-order valence-corrected chi connectivity index (χ1v) is 6.54. The maximum Gasteiger partial charge on any atom is 0.316 e. The number of ether oxygens (including phenoxy) is 1. The van der Waals surface area contributed by atoms with Gasteiger partial charge < -0.3 is 9.15 Å². The zero-order valence-electron chi connectivity index (χ0n) is 11.8. The van der Waals surface area contributed by atoms with Gasteiger partial charge in [-0.2, -0.15) is 8.78 Å². The molecular formula is C14H8F4N4O2. The number of rotatable bonds is 5. The van der Waals surface area contributed by atoms with Crippen LogP contribution in [0.15, 0.2) is 35.0 Å². The highest BCUT2D eigenvalue weighted by atomic mass is 19.3. The van der Waals surface area contributed by atoms with Crippen molar-refractivity contribution in [3.8, 4) is 17.5 Å². The number of benzene rings is 1. The Kier molecular flexibility index (Phi) is 4.36. The van der Waals surface area contributed by atoms with E-state index in [1.54, 1.807) is 0 Å². The lowest BCUT2D eigenvalue weighted by atomic mass is 10.2. The number of nitrogens with zero attached hydrogens (tertiary/aromatic N) is 4. The molecule has 0 atom stereocenters. The highest BCUT2D eigenvalue weighted by molar-refractivity contribution is 5.49. The van der Waals surface area contributed by atoms with E-state index in [1.807, 2.05) is 0 Å². The zero-order chi connectivity index (χ0) is 17.1. The van der Waals surface area contributed by atoms with Crippen molar-refractivity contribution >= 4 is 0 Å². The van der Waals surface area contributed by atoms with E-state index >= 15 is 0 Å². The molecule has 2 heterocycles. The fourth-order valence-corrected chi connectivity index (χ4v) is 1.75. The Morgan fingerprint density at radius 1 is 1.04 bits per heavy atom. The Morgan fingerprint density at radius 3 is 2.29 bits per heavy atom. The van der Waals surface area contributed by atoms with Gasteiger partial charge in [-0.05, 0) is 12.1 Å². The van der Waals surface area contributed by atoms with Gasteiger partial charge in [-0.3, -0.25) is 0 Å². The molecule has 0 N–H and O–H groups in total. The number of hydrogen-bond donors (Lipinski definition) is 0. The summed E-state index contributed by atoms with van der Waals surface area (Å²) in [5.41, 5.74) is -0.0672. The Labute approximate surface area is 132 Å². The van der Waals surface area contributed by atoms with E-state index in [9.17, 15) is 17.6 Å². The van der Waals surface area contributed by atoms with Gasteiger partial charge in [0, 0.05) is 12.4 Å². The summed E-state index contributed by atoms with van der Waals surface area (Å²) in [7, 11) is 0. The van der Waals surface area contributed by atoms with E-state index in [4.69, 9.17) is 9.15 Å². The smallest absolute Gasteiger partial charge is 0.316 e. The van der Waals surface area contributed by atoms with Gasteiger partial charge >= 0.3 is 12.4 Å². The molecule has 0 unspecified atom stereocenters. The molecule has 1 aromatic carbocycles. The number of aromatic nitrogens is 4. The summed E-state index contributed by atoms with van der Waals surface area (Å²) in [6.45, 7) is -0.409. The molecule has 2 aromatic heterocycles. The molecule has 6 nitrogen and oxygen atoms in total. The summed E-state index contributed by atoms with van der Waals surface area (Å²) in [5, 5.41) is 6.61. The molecule has 0 amide bonds. The quantitative estimate of drug-likeness (QED) is 0.664. The van der Waals surface area contributed by atoms with Crippen molar-refractivity contribution in [1.29, 1.82) is 0 Å². The van der Waals surface area contributed by atoms with E-state index in [2.05, 4.69) is 20.2 Å². The molecule has 124 valence electrons. The lowest BCUT2D eigenvalue weighted by molar-refractivity contribution is 0.116. The molecule has 10 heteroatoms. The van der Waals surface area contributed by atoms with Crippen LogP contribution in [0.1, 0.15) is 17.9 Å². The Morgan fingerprint density at radius 2 is 1.71 bits per heavy atom. The molecule has 0 fully saturated rings. The predicted molar refractivity (Wildman–Crippen MR) is 71.0 cm³/mol. The van der Waals surface area contributed by atoms with Crippen LogP contribution in [-0.2, 0) is 6.61 Å². The standard InChI is InChI=1S/C14H8F4N4O2/c15-9-2-1-3-10(16)8(9)6-23-14-19-4-7(5-20-14)12-21-22-13(24-12)11(17)18/h1-5,11H,6H2. The second-order valence-corrected chi connectivity index (χ2v) is 4.49. The number of alkyl halides is 2. The average molecular weight is 340 g/mol. The van der Waals surface area contributed by atoms with Crippen LogP contribution in [0.4, 0.5) is 17.6 Å². The van der Waals surface area contributed by atoms with Crippen LogP contribution >= 0.6 is 0 Å². The van der Waals surface area contributed by atoms with Crippen LogP contribution in [0.25, 0.3) is 11.5 Å². The third kappa shape index (κ3) is 3.31. The minimum absolute atomic E-state index is 0.157. The lowest BCUT2D eigenvalue weighted by Gasteiger charge is -2.06. The lowest BCUT2D eigenvalue weighted by Crippen LogP contribution is -2.04. The Balaban J connectivity index is 1.70. The van der Waals surface area contributed by atoms with Gasteiger partial charge in [0.05, 0.1) is 11.1 Å². The third-order valence-corrected chi connectivity index (χ3v) is 2.91. The zero-order valence-corrected chi connectivity index (χ0v) is 11.8. The molecule has 0 aliphatic rings. The molecular weight excluding hydrogens is 332 g/mol. The molecule has 0 radical (unpaired) electrons. The van der Waals surface area contributed by atoms with E-state index in [-0.39, 0.29) is 23.0 Å². The molecule has 0 saturated heterocycles. The molecule has 24 heavy (non-hydrogen) atoms. The average Bonchev–Trinajstić information content (AvgIpc) is 3.05. The molecule has 0 aliphatic carbocycles. The largest absolute Gasteiger partial charge is 0.458 e. The number of hydrogen-bond acceptors (Lipinski definition) is 6. The summed E-state index contributed by atoms with van der Waals surface area (Å²) < 4.78 is 61.5. The van der Waals surface area contributed by atoms with Gasteiger partial charge in [0.1, 0.15) is 18.2 Å². The maximum atomic E-state index is 13.5. The van der Waals surface area contributed by atoms with E-state index < -0.39 is 30.6 Å². The summed E-state index contributed by atoms with van der Waals surface area (Å²) in [5.74, 6) is -2.51. The van der Waals surface area contributed by atoms with E-state index in [0.29, 0.717) is 0 Å². The van der Waals surface area contributed by atoms with Crippen LogP contribution in [0, 0.1) is 11.6 Å². The normalized spacial score (nSPS) is 11.0. The third-order valence-electron chi connectivity index (χ3n) is 2.91. The van der Waals surface area contributed by atoms with Crippen molar-refractivity contribution in [2.75, 3.05) is 0 Å². The van der Waals surface area contributed by atoms with Crippen molar-refractivity contribution < 1.29 is 26.7 Å². The van der Waals surface area contributed by atoms with Crippen molar-refractivity contribution in [2.45, 2.75) is 13.0 Å². The first kappa shape index (κ1) is 15.8. The predicted octanol–water partition coefficient (Wildman–Crippen LogP) is 3.32. The van der Waals surface area contributed by atoms with Crippen molar-refractivity contribution in [3.05, 3.63) is 53.7 Å². The first-order chi connectivity index (χ1) is 11.5. The fraction of sp³-hybridized carbons (Fsp3) is 0.143. The van der Waals surface area contributed by atoms with Gasteiger partial charge in [0.15, 0.2) is 0 Å². The van der Waals surface area contributed by atoms with E-state index in [1.165, 1.54) is 18.5 Å². The fourth-order valence-electron chi connectivity index (χ4n) is 1.75. The Bertz CT molecular complexity index is 819.